The molecule has 0 unspecified atom stereocenters. The molecule has 1 aliphatic carbocycles. The Balaban J connectivity index is 2.60. The Bertz CT molecular complexity index is 147. The highest BCUT2D eigenvalue weighted by Gasteiger charge is 2.25. The van der Waals surface area contributed by atoms with Crippen LogP contribution < -0.4 is 0 Å². The van der Waals surface area contributed by atoms with E-state index < -0.39 is 0 Å². The molecule has 58 valence electrons. The largest absolute Gasteiger partial charge is 0.411 e. The Morgan fingerprint density at radius 3 is 2.90 bits per heavy atom. The zero-order chi connectivity index (χ0) is 7.56. The molecular weight excluding hydrogens is 150 g/mol. The van der Waals surface area contributed by atoms with Crippen molar-refractivity contribution in [2.24, 2.45) is 11.1 Å². The third-order valence-electron chi connectivity index (χ3n) is 2.04. The van der Waals surface area contributed by atoms with Crippen LogP contribution in [0.3, 0.4) is 0 Å². The first kappa shape index (κ1) is 7.86. The average molecular weight is 162 g/mol. The summed E-state index contributed by atoms with van der Waals surface area (Å²) < 4.78 is 0. The van der Waals surface area contributed by atoms with Gasteiger partial charge in [-0.05, 0) is 25.2 Å². The van der Waals surface area contributed by atoms with Gasteiger partial charge in [-0.2, -0.15) is 0 Å². The minimum Gasteiger partial charge on any atom is -0.411 e. The van der Waals surface area contributed by atoms with Crippen molar-refractivity contribution in [3.8, 4) is 0 Å². The molecule has 1 N–H and O–H groups in total. The first-order valence-corrected chi connectivity index (χ1v) is 4.04. The van der Waals surface area contributed by atoms with E-state index in [1.807, 2.05) is 0 Å². The molecule has 2 atom stereocenters. The predicted octanol–water partition coefficient (Wildman–Crippen LogP) is 2.24. The van der Waals surface area contributed by atoms with Crippen molar-refractivity contribution in [1.82, 2.24) is 0 Å². The van der Waals surface area contributed by atoms with Gasteiger partial charge >= 0.3 is 0 Å². The summed E-state index contributed by atoms with van der Waals surface area (Å²) in [5.74, 6) is 0.460. The molecule has 0 heterocycles. The van der Waals surface area contributed by atoms with Gasteiger partial charge in [-0.25, -0.2) is 0 Å². The fourth-order valence-electron chi connectivity index (χ4n) is 1.32. The smallest absolute Gasteiger partial charge is 0.0776 e. The van der Waals surface area contributed by atoms with Gasteiger partial charge in [-0.3, -0.25) is 0 Å². The fraction of sp³-hybridized carbons (Fsp3) is 0.857. The molecule has 1 aliphatic rings. The molecule has 0 aromatic carbocycles. The average Bonchev–Trinajstić information content (AvgIpc) is 1.95. The van der Waals surface area contributed by atoms with E-state index in [0.29, 0.717) is 5.92 Å². The van der Waals surface area contributed by atoms with Crippen LogP contribution in [0.1, 0.15) is 26.2 Å². The summed E-state index contributed by atoms with van der Waals surface area (Å²) in [4.78, 5) is 0. The van der Waals surface area contributed by atoms with Gasteiger partial charge < -0.3 is 5.21 Å². The summed E-state index contributed by atoms with van der Waals surface area (Å²) in [7, 11) is 0. The van der Waals surface area contributed by atoms with Gasteiger partial charge in [0.1, 0.15) is 0 Å². The third kappa shape index (κ3) is 1.43. The monoisotopic (exact) mass is 161 g/mol. The van der Waals surface area contributed by atoms with Gasteiger partial charge in [0.05, 0.1) is 11.1 Å². The SMILES string of the molecule is C[C@H]1CCC/C(=N\O)[C@@H]1Cl. The molecule has 0 radical (unpaired) electrons. The van der Waals surface area contributed by atoms with E-state index >= 15 is 0 Å². The zero-order valence-corrected chi connectivity index (χ0v) is 6.80. The number of oxime groups is 1. The van der Waals surface area contributed by atoms with Crippen LogP contribution in [0.2, 0.25) is 0 Å². The summed E-state index contributed by atoms with van der Waals surface area (Å²) in [6, 6.07) is 0. The second-order valence-electron chi connectivity index (χ2n) is 2.86. The molecule has 0 aromatic rings. The maximum absolute atomic E-state index is 8.48. The number of rotatable bonds is 0. The van der Waals surface area contributed by atoms with E-state index in [-0.39, 0.29) is 5.38 Å². The van der Waals surface area contributed by atoms with E-state index in [0.717, 1.165) is 25.0 Å². The van der Waals surface area contributed by atoms with Gasteiger partial charge in [0, 0.05) is 0 Å². The van der Waals surface area contributed by atoms with Crippen molar-refractivity contribution in [2.75, 3.05) is 0 Å². The lowest BCUT2D eigenvalue weighted by Gasteiger charge is -2.23. The molecule has 0 amide bonds. The highest BCUT2D eigenvalue weighted by molar-refractivity contribution is 6.32. The quantitative estimate of drug-likeness (QED) is 0.330. The van der Waals surface area contributed by atoms with Gasteiger partial charge in [0.15, 0.2) is 0 Å². The highest BCUT2D eigenvalue weighted by atomic mass is 35.5. The molecule has 0 aliphatic heterocycles. The van der Waals surface area contributed by atoms with Crippen LogP contribution in [0.25, 0.3) is 0 Å². The summed E-state index contributed by atoms with van der Waals surface area (Å²) >= 11 is 5.94. The lowest BCUT2D eigenvalue weighted by molar-refractivity contribution is 0.311. The first-order chi connectivity index (χ1) is 4.75. The normalized spacial score (nSPS) is 38.4. The summed E-state index contributed by atoms with van der Waals surface area (Å²) in [6.07, 6.45) is 3.10. The number of hydrogen-bond donors (Lipinski definition) is 1. The lowest BCUT2D eigenvalue weighted by atomic mass is 9.89. The molecule has 0 saturated heterocycles. The van der Waals surface area contributed by atoms with Crippen LogP contribution in [0.4, 0.5) is 0 Å². The van der Waals surface area contributed by atoms with Gasteiger partial charge in [0.2, 0.25) is 0 Å². The topological polar surface area (TPSA) is 32.6 Å². The van der Waals surface area contributed by atoms with E-state index in [4.69, 9.17) is 16.8 Å². The van der Waals surface area contributed by atoms with Crippen molar-refractivity contribution in [1.29, 1.82) is 0 Å². The molecule has 0 bridgehead atoms. The second-order valence-corrected chi connectivity index (χ2v) is 3.33. The summed E-state index contributed by atoms with van der Waals surface area (Å²) in [5.41, 5.74) is 0.750. The van der Waals surface area contributed by atoms with E-state index in [1.165, 1.54) is 0 Å². The van der Waals surface area contributed by atoms with E-state index in [1.54, 1.807) is 0 Å². The summed E-state index contributed by atoms with van der Waals surface area (Å²) in [6.45, 7) is 2.09. The van der Waals surface area contributed by atoms with Crippen LogP contribution in [0, 0.1) is 5.92 Å². The first-order valence-electron chi connectivity index (χ1n) is 3.60. The van der Waals surface area contributed by atoms with Crippen molar-refractivity contribution < 1.29 is 5.21 Å². The van der Waals surface area contributed by atoms with Gasteiger partial charge in [0.25, 0.3) is 0 Å². The number of halogens is 1. The minimum atomic E-state index is -0.0428. The zero-order valence-electron chi connectivity index (χ0n) is 6.05. The van der Waals surface area contributed by atoms with Crippen LogP contribution in [0.5, 0.6) is 0 Å². The van der Waals surface area contributed by atoms with Crippen LogP contribution in [-0.2, 0) is 0 Å². The molecule has 1 saturated carbocycles. The molecule has 0 aromatic heterocycles. The van der Waals surface area contributed by atoms with Crippen molar-refractivity contribution in [3.63, 3.8) is 0 Å². The Hall–Kier alpha value is -0.240. The van der Waals surface area contributed by atoms with Crippen LogP contribution in [0.15, 0.2) is 5.16 Å². The molecule has 3 heteroatoms. The van der Waals surface area contributed by atoms with Gasteiger partial charge in [-0.1, -0.05) is 12.1 Å². The van der Waals surface area contributed by atoms with Crippen LogP contribution in [-0.4, -0.2) is 16.3 Å². The highest BCUT2D eigenvalue weighted by Crippen LogP contribution is 2.25. The molecule has 1 fully saturated rings. The van der Waals surface area contributed by atoms with E-state index in [2.05, 4.69) is 12.1 Å². The molecule has 1 rings (SSSR count). The standard InChI is InChI=1S/C7H12ClNO/c1-5-3-2-4-6(9-10)7(5)8/h5,7,10H,2-4H2,1H3/b9-6+/t5-,7+/m0/s1. The summed E-state index contributed by atoms with van der Waals surface area (Å²) in [5, 5.41) is 11.6. The second kappa shape index (κ2) is 3.24. The van der Waals surface area contributed by atoms with E-state index in [9.17, 15) is 0 Å². The lowest BCUT2D eigenvalue weighted by Crippen LogP contribution is -2.27. The van der Waals surface area contributed by atoms with Crippen molar-refractivity contribution in [3.05, 3.63) is 0 Å². The predicted molar refractivity (Wildman–Crippen MR) is 41.9 cm³/mol. The Labute approximate surface area is 65.9 Å². The maximum atomic E-state index is 8.48. The molecule has 10 heavy (non-hydrogen) atoms. The number of nitrogens with zero attached hydrogens (tertiary/aromatic N) is 1. The number of alkyl halides is 1. The maximum Gasteiger partial charge on any atom is 0.0776 e. The molecule has 2 nitrogen and oxygen atoms in total. The fourth-order valence-corrected chi connectivity index (χ4v) is 1.60. The minimum absolute atomic E-state index is 0.0428. The van der Waals surface area contributed by atoms with Crippen LogP contribution >= 0.6 is 11.6 Å². The van der Waals surface area contributed by atoms with Crippen molar-refractivity contribution in [2.45, 2.75) is 31.6 Å². The Morgan fingerprint density at radius 1 is 1.70 bits per heavy atom. The Kier molecular flexibility index (Phi) is 2.55. The molecular formula is C7H12ClNO. The van der Waals surface area contributed by atoms with Gasteiger partial charge in [-0.15, -0.1) is 11.6 Å². The Morgan fingerprint density at radius 2 is 2.40 bits per heavy atom. The van der Waals surface area contributed by atoms with Crippen molar-refractivity contribution >= 4 is 17.3 Å². The third-order valence-corrected chi connectivity index (χ3v) is 2.72. The number of hydrogen-bond acceptors (Lipinski definition) is 2. The molecule has 0 spiro atoms.